The summed E-state index contributed by atoms with van der Waals surface area (Å²) in [5, 5.41) is 6.44. The van der Waals surface area contributed by atoms with Gasteiger partial charge in [-0.15, -0.1) is 0 Å². The van der Waals surface area contributed by atoms with Crippen LogP contribution in [0, 0.1) is 5.82 Å². The Morgan fingerprint density at radius 2 is 2.00 bits per heavy atom. The molecule has 1 fully saturated rings. The van der Waals surface area contributed by atoms with Gasteiger partial charge in [0.05, 0.1) is 0 Å². The van der Waals surface area contributed by atoms with Crippen LogP contribution >= 0.6 is 0 Å². The van der Waals surface area contributed by atoms with Gasteiger partial charge in [-0.2, -0.15) is 0 Å². The number of halogens is 1. The molecule has 5 heteroatoms. The molecule has 1 aliphatic carbocycles. The van der Waals surface area contributed by atoms with Gasteiger partial charge in [0.15, 0.2) is 0 Å². The molecule has 2 N–H and O–H groups in total. The normalized spacial score (nSPS) is 14.0. The molecular formula is C16H19FN4. The predicted octanol–water partition coefficient (Wildman–Crippen LogP) is 4.06. The quantitative estimate of drug-likeness (QED) is 0.841. The van der Waals surface area contributed by atoms with E-state index in [4.69, 9.17) is 0 Å². The lowest BCUT2D eigenvalue weighted by atomic mass is 10.3. The smallest absolute Gasteiger partial charge is 0.136 e. The molecule has 0 amide bonds. The van der Waals surface area contributed by atoms with E-state index < -0.39 is 0 Å². The summed E-state index contributed by atoms with van der Waals surface area (Å²) in [6.45, 7) is 2.99. The van der Waals surface area contributed by atoms with E-state index in [1.54, 1.807) is 6.07 Å². The molecule has 0 bridgehead atoms. The first kappa shape index (κ1) is 13.8. The zero-order valence-corrected chi connectivity index (χ0v) is 12.1. The minimum absolute atomic E-state index is 0.263. The zero-order chi connectivity index (χ0) is 14.7. The highest BCUT2D eigenvalue weighted by molar-refractivity contribution is 5.59. The van der Waals surface area contributed by atoms with Crippen molar-refractivity contribution >= 4 is 17.3 Å². The lowest BCUT2D eigenvalue weighted by Gasteiger charge is -2.11. The molecule has 0 radical (unpaired) electrons. The van der Waals surface area contributed by atoms with Crippen LogP contribution in [0.2, 0.25) is 0 Å². The van der Waals surface area contributed by atoms with Crippen LogP contribution in [0.1, 0.15) is 37.9 Å². The van der Waals surface area contributed by atoms with Gasteiger partial charge >= 0.3 is 0 Å². The van der Waals surface area contributed by atoms with E-state index in [1.807, 2.05) is 12.1 Å². The third kappa shape index (κ3) is 3.68. The number of benzene rings is 1. The fourth-order valence-corrected chi connectivity index (χ4v) is 2.11. The Kier molecular flexibility index (Phi) is 3.99. The minimum Gasteiger partial charge on any atom is -0.370 e. The lowest BCUT2D eigenvalue weighted by molar-refractivity contribution is 0.628. The summed E-state index contributed by atoms with van der Waals surface area (Å²) < 4.78 is 13.2. The number of anilines is 3. The molecule has 0 atom stereocenters. The maximum absolute atomic E-state index is 13.2. The molecule has 0 spiro atoms. The van der Waals surface area contributed by atoms with Crippen molar-refractivity contribution < 1.29 is 4.39 Å². The van der Waals surface area contributed by atoms with Gasteiger partial charge in [0.25, 0.3) is 0 Å². The van der Waals surface area contributed by atoms with Crippen LogP contribution in [0.25, 0.3) is 0 Å². The van der Waals surface area contributed by atoms with Gasteiger partial charge < -0.3 is 10.6 Å². The van der Waals surface area contributed by atoms with Crippen molar-refractivity contribution in [3.63, 3.8) is 0 Å². The Bertz CT molecular complexity index is 625. The molecular weight excluding hydrogens is 267 g/mol. The first-order valence-corrected chi connectivity index (χ1v) is 7.40. The SMILES string of the molecule is CCCNc1cc(Nc2cccc(F)c2)nc(C2CC2)n1. The van der Waals surface area contributed by atoms with Crippen molar-refractivity contribution in [2.45, 2.75) is 32.1 Å². The van der Waals surface area contributed by atoms with E-state index in [2.05, 4.69) is 27.5 Å². The summed E-state index contributed by atoms with van der Waals surface area (Å²) in [7, 11) is 0. The van der Waals surface area contributed by atoms with E-state index in [-0.39, 0.29) is 5.82 Å². The third-order valence-corrected chi connectivity index (χ3v) is 3.34. The molecule has 3 rings (SSSR count). The van der Waals surface area contributed by atoms with E-state index in [0.29, 0.717) is 17.4 Å². The second-order valence-electron chi connectivity index (χ2n) is 5.33. The van der Waals surface area contributed by atoms with Gasteiger partial charge in [-0.1, -0.05) is 13.0 Å². The molecule has 1 aromatic heterocycles. The largest absolute Gasteiger partial charge is 0.370 e. The predicted molar refractivity (Wildman–Crippen MR) is 82.5 cm³/mol. The van der Waals surface area contributed by atoms with E-state index in [9.17, 15) is 4.39 Å². The van der Waals surface area contributed by atoms with E-state index in [0.717, 1.165) is 37.4 Å². The van der Waals surface area contributed by atoms with Crippen molar-refractivity contribution in [2.75, 3.05) is 17.2 Å². The van der Waals surface area contributed by atoms with Crippen LogP contribution in [0.15, 0.2) is 30.3 Å². The first-order chi connectivity index (χ1) is 10.2. The summed E-state index contributed by atoms with van der Waals surface area (Å²) in [5.41, 5.74) is 0.692. The lowest BCUT2D eigenvalue weighted by Crippen LogP contribution is -2.06. The maximum atomic E-state index is 13.2. The van der Waals surface area contributed by atoms with Gasteiger partial charge in [0.1, 0.15) is 23.3 Å². The summed E-state index contributed by atoms with van der Waals surface area (Å²) in [4.78, 5) is 9.10. The fraction of sp³-hybridized carbons (Fsp3) is 0.375. The Morgan fingerprint density at radius 1 is 1.19 bits per heavy atom. The fourth-order valence-electron chi connectivity index (χ4n) is 2.11. The second-order valence-corrected chi connectivity index (χ2v) is 5.33. The number of rotatable bonds is 6. The first-order valence-electron chi connectivity index (χ1n) is 7.40. The van der Waals surface area contributed by atoms with Crippen LogP contribution in [-0.2, 0) is 0 Å². The molecule has 0 saturated heterocycles. The molecule has 0 unspecified atom stereocenters. The third-order valence-electron chi connectivity index (χ3n) is 3.34. The van der Waals surface area contributed by atoms with Crippen molar-refractivity contribution in [3.05, 3.63) is 42.0 Å². The number of nitrogens with one attached hydrogen (secondary N) is 2. The zero-order valence-electron chi connectivity index (χ0n) is 12.1. The van der Waals surface area contributed by atoms with Crippen LogP contribution in [0.5, 0.6) is 0 Å². The molecule has 2 aromatic rings. The molecule has 1 saturated carbocycles. The second kappa shape index (κ2) is 6.08. The summed E-state index contributed by atoms with van der Waals surface area (Å²) in [5.74, 6) is 2.61. The summed E-state index contributed by atoms with van der Waals surface area (Å²) in [6.07, 6.45) is 3.34. The van der Waals surface area contributed by atoms with Gasteiger partial charge in [-0.3, -0.25) is 0 Å². The van der Waals surface area contributed by atoms with Gasteiger partial charge in [-0.05, 0) is 37.5 Å². The van der Waals surface area contributed by atoms with Gasteiger partial charge in [-0.25, -0.2) is 14.4 Å². The number of nitrogens with zero attached hydrogens (tertiary/aromatic N) is 2. The average Bonchev–Trinajstić information content (AvgIpc) is 3.29. The molecule has 1 aromatic carbocycles. The van der Waals surface area contributed by atoms with Crippen molar-refractivity contribution in [1.82, 2.24) is 9.97 Å². The molecule has 1 heterocycles. The summed E-state index contributed by atoms with van der Waals surface area (Å²) in [6, 6.07) is 8.25. The Morgan fingerprint density at radius 3 is 2.71 bits per heavy atom. The van der Waals surface area contributed by atoms with E-state index >= 15 is 0 Å². The van der Waals surface area contributed by atoms with Crippen molar-refractivity contribution in [3.8, 4) is 0 Å². The van der Waals surface area contributed by atoms with Crippen LogP contribution in [-0.4, -0.2) is 16.5 Å². The monoisotopic (exact) mass is 286 g/mol. The molecule has 0 aliphatic heterocycles. The highest BCUT2D eigenvalue weighted by Crippen LogP contribution is 2.39. The van der Waals surface area contributed by atoms with Crippen molar-refractivity contribution in [1.29, 1.82) is 0 Å². The topological polar surface area (TPSA) is 49.8 Å². The highest BCUT2D eigenvalue weighted by Gasteiger charge is 2.27. The minimum atomic E-state index is -0.263. The van der Waals surface area contributed by atoms with Crippen molar-refractivity contribution in [2.24, 2.45) is 0 Å². The highest BCUT2D eigenvalue weighted by atomic mass is 19.1. The summed E-state index contributed by atoms with van der Waals surface area (Å²) >= 11 is 0. The Balaban J connectivity index is 1.84. The van der Waals surface area contributed by atoms with Crippen LogP contribution in [0.3, 0.4) is 0 Å². The standard InChI is InChI=1S/C16H19FN4/c1-2-8-18-14-10-15(21-16(20-14)11-6-7-11)19-13-5-3-4-12(17)9-13/h3-5,9-11H,2,6-8H2,1H3,(H2,18,19,20,21). The molecule has 110 valence electrons. The number of hydrogen-bond donors (Lipinski definition) is 2. The van der Waals surface area contributed by atoms with Crippen LogP contribution < -0.4 is 10.6 Å². The van der Waals surface area contributed by atoms with Gasteiger partial charge in [0.2, 0.25) is 0 Å². The van der Waals surface area contributed by atoms with Crippen LogP contribution in [0.4, 0.5) is 21.7 Å². The number of aromatic nitrogens is 2. The van der Waals surface area contributed by atoms with Gasteiger partial charge in [0, 0.05) is 24.2 Å². The molecule has 1 aliphatic rings. The molecule has 4 nitrogen and oxygen atoms in total. The van der Waals surface area contributed by atoms with E-state index in [1.165, 1.54) is 12.1 Å². The Hall–Kier alpha value is -2.17. The number of hydrogen-bond acceptors (Lipinski definition) is 4. The average molecular weight is 286 g/mol. The molecule has 21 heavy (non-hydrogen) atoms. The Labute approximate surface area is 123 Å². The maximum Gasteiger partial charge on any atom is 0.136 e.